The molecular formula is C15H19ClN2O2. The molecule has 1 atom stereocenters. The second-order valence-corrected chi connectivity index (χ2v) is 5.46. The maximum absolute atomic E-state index is 11.9. The zero-order valence-corrected chi connectivity index (χ0v) is 12.1. The molecule has 1 heterocycles. The first-order valence-electron chi connectivity index (χ1n) is 6.94. The number of hydrogen-bond acceptors (Lipinski definition) is 3. The van der Waals surface area contributed by atoms with Gasteiger partial charge in [-0.25, -0.2) is 0 Å². The van der Waals surface area contributed by atoms with Gasteiger partial charge >= 0.3 is 0 Å². The Bertz CT molecular complexity index is 467. The third kappa shape index (κ3) is 4.62. The molecule has 1 fully saturated rings. The SMILES string of the molecule is O=C(CCC(=O)c1ccc(Cl)cc1)NCC1CCCN1. The molecule has 2 N–H and O–H groups in total. The predicted octanol–water partition coefficient (Wildman–Crippen LogP) is 2.17. The second kappa shape index (κ2) is 7.41. The summed E-state index contributed by atoms with van der Waals surface area (Å²) in [5, 5.41) is 6.78. The molecule has 0 radical (unpaired) electrons. The van der Waals surface area contributed by atoms with Crippen LogP contribution in [0.3, 0.4) is 0 Å². The Morgan fingerprint density at radius 3 is 2.65 bits per heavy atom. The molecule has 1 aliphatic heterocycles. The van der Waals surface area contributed by atoms with Gasteiger partial charge in [0.2, 0.25) is 5.91 Å². The van der Waals surface area contributed by atoms with Gasteiger partial charge < -0.3 is 10.6 Å². The second-order valence-electron chi connectivity index (χ2n) is 5.03. The van der Waals surface area contributed by atoms with Gasteiger partial charge in [0.05, 0.1) is 0 Å². The summed E-state index contributed by atoms with van der Waals surface area (Å²) in [6.45, 7) is 1.67. The number of amides is 1. The number of halogens is 1. The highest BCUT2D eigenvalue weighted by Gasteiger charge is 2.15. The number of carbonyl (C=O) groups is 2. The fraction of sp³-hybridized carbons (Fsp3) is 0.467. The van der Waals surface area contributed by atoms with E-state index in [-0.39, 0.29) is 24.5 Å². The number of carbonyl (C=O) groups excluding carboxylic acids is 2. The summed E-state index contributed by atoms with van der Waals surface area (Å²) in [5.41, 5.74) is 0.597. The fourth-order valence-electron chi connectivity index (χ4n) is 2.26. The zero-order chi connectivity index (χ0) is 14.4. The number of benzene rings is 1. The molecule has 0 bridgehead atoms. The molecule has 1 unspecified atom stereocenters. The average molecular weight is 295 g/mol. The highest BCUT2D eigenvalue weighted by atomic mass is 35.5. The molecule has 20 heavy (non-hydrogen) atoms. The molecule has 0 spiro atoms. The Hall–Kier alpha value is -1.39. The van der Waals surface area contributed by atoms with Crippen molar-refractivity contribution in [3.8, 4) is 0 Å². The van der Waals surface area contributed by atoms with Crippen LogP contribution in [-0.4, -0.2) is 30.8 Å². The van der Waals surface area contributed by atoms with E-state index < -0.39 is 0 Å². The smallest absolute Gasteiger partial charge is 0.220 e. The van der Waals surface area contributed by atoms with Gasteiger partial charge in [-0.15, -0.1) is 0 Å². The van der Waals surface area contributed by atoms with Crippen LogP contribution in [0.15, 0.2) is 24.3 Å². The molecule has 1 amide bonds. The van der Waals surface area contributed by atoms with E-state index in [2.05, 4.69) is 10.6 Å². The first-order valence-corrected chi connectivity index (χ1v) is 7.32. The van der Waals surface area contributed by atoms with E-state index in [1.165, 1.54) is 0 Å². The van der Waals surface area contributed by atoms with E-state index >= 15 is 0 Å². The van der Waals surface area contributed by atoms with E-state index in [1.54, 1.807) is 24.3 Å². The lowest BCUT2D eigenvalue weighted by Gasteiger charge is -2.11. The Labute approximate surface area is 123 Å². The van der Waals surface area contributed by atoms with Crippen molar-refractivity contribution in [2.45, 2.75) is 31.7 Å². The number of rotatable bonds is 6. The standard InChI is InChI=1S/C15H19ClN2O2/c16-12-5-3-11(4-6-12)14(19)7-8-15(20)18-10-13-2-1-9-17-13/h3-6,13,17H,1-2,7-10H2,(H,18,20). The molecule has 1 saturated heterocycles. The molecular weight excluding hydrogens is 276 g/mol. The maximum Gasteiger partial charge on any atom is 0.220 e. The third-order valence-corrected chi connectivity index (χ3v) is 3.71. The number of nitrogens with one attached hydrogen (secondary N) is 2. The molecule has 1 aromatic carbocycles. The lowest BCUT2D eigenvalue weighted by molar-refractivity contribution is -0.121. The van der Waals surface area contributed by atoms with Gasteiger partial charge in [0.15, 0.2) is 5.78 Å². The van der Waals surface area contributed by atoms with Crippen molar-refractivity contribution in [1.82, 2.24) is 10.6 Å². The van der Waals surface area contributed by atoms with Gasteiger partial charge in [-0.3, -0.25) is 9.59 Å². The molecule has 1 aliphatic rings. The third-order valence-electron chi connectivity index (χ3n) is 3.45. The average Bonchev–Trinajstić information content (AvgIpc) is 2.96. The lowest BCUT2D eigenvalue weighted by atomic mass is 10.1. The summed E-state index contributed by atoms with van der Waals surface area (Å²) < 4.78 is 0. The topological polar surface area (TPSA) is 58.2 Å². The van der Waals surface area contributed by atoms with Crippen LogP contribution in [0.4, 0.5) is 0 Å². The molecule has 0 aromatic heterocycles. The van der Waals surface area contributed by atoms with Gasteiger partial charge in [0.1, 0.15) is 0 Å². The summed E-state index contributed by atoms with van der Waals surface area (Å²) in [4.78, 5) is 23.6. The van der Waals surface area contributed by atoms with Crippen molar-refractivity contribution in [2.75, 3.05) is 13.1 Å². The van der Waals surface area contributed by atoms with E-state index in [0.29, 0.717) is 23.2 Å². The Balaban J connectivity index is 1.69. The number of Topliss-reactive ketones (excluding diaryl/α,β-unsaturated/α-hetero) is 1. The first-order chi connectivity index (χ1) is 9.65. The summed E-state index contributed by atoms with van der Waals surface area (Å²) in [6, 6.07) is 7.11. The van der Waals surface area contributed by atoms with Gasteiger partial charge in [-0.05, 0) is 43.7 Å². The summed E-state index contributed by atoms with van der Waals surface area (Å²) in [6.07, 6.45) is 2.72. The van der Waals surface area contributed by atoms with Crippen LogP contribution in [0.1, 0.15) is 36.0 Å². The van der Waals surface area contributed by atoms with Gasteiger partial charge in [-0.1, -0.05) is 11.6 Å². The Morgan fingerprint density at radius 1 is 1.25 bits per heavy atom. The van der Waals surface area contributed by atoms with Gasteiger partial charge in [0, 0.05) is 36.0 Å². The summed E-state index contributed by atoms with van der Waals surface area (Å²) >= 11 is 5.77. The molecule has 0 aliphatic carbocycles. The molecule has 108 valence electrons. The van der Waals surface area contributed by atoms with Crippen molar-refractivity contribution >= 4 is 23.3 Å². The summed E-state index contributed by atoms with van der Waals surface area (Å²) in [5.74, 6) is -0.100. The van der Waals surface area contributed by atoms with Crippen LogP contribution in [0.25, 0.3) is 0 Å². The molecule has 2 rings (SSSR count). The first kappa shape index (κ1) is 15.0. The minimum atomic E-state index is -0.0685. The van der Waals surface area contributed by atoms with Crippen LogP contribution < -0.4 is 10.6 Å². The largest absolute Gasteiger partial charge is 0.355 e. The van der Waals surface area contributed by atoms with Crippen molar-refractivity contribution in [1.29, 1.82) is 0 Å². The van der Waals surface area contributed by atoms with Crippen molar-refractivity contribution in [3.05, 3.63) is 34.9 Å². The van der Waals surface area contributed by atoms with Gasteiger partial charge in [0.25, 0.3) is 0 Å². The number of hydrogen-bond donors (Lipinski definition) is 2. The lowest BCUT2D eigenvalue weighted by Crippen LogP contribution is -2.37. The molecule has 1 aromatic rings. The maximum atomic E-state index is 11.9. The Morgan fingerprint density at radius 2 is 2.00 bits per heavy atom. The summed E-state index contributed by atoms with van der Waals surface area (Å²) in [7, 11) is 0. The highest BCUT2D eigenvalue weighted by Crippen LogP contribution is 2.12. The molecule has 5 heteroatoms. The van der Waals surface area contributed by atoms with Crippen molar-refractivity contribution in [2.24, 2.45) is 0 Å². The van der Waals surface area contributed by atoms with Crippen LogP contribution in [0.5, 0.6) is 0 Å². The minimum absolute atomic E-state index is 0.0317. The van der Waals surface area contributed by atoms with Crippen LogP contribution in [-0.2, 0) is 4.79 Å². The van der Waals surface area contributed by atoms with Crippen LogP contribution in [0.2, 0.25) is 5.02 Å². The monoisotopic (exact) mass is 294 g/mol. The Kier molecular flexibility index (Phi) is 5.56. The van der Waals surface area contributed by atoms with Gasteiger partial charge in [-0.2, -0.15) is 0 Å². The molecule has 4 nitrogen and oxygen atoms in total. The van der Waals surface area contributed by atoms with Crippen LogP contribution >= 0.6 is 11.6 Å². The van der Waals surface area contributed by atoms with E-state index in [4.69, 9.17) is 11.6 Å². The van der Waals surface area contributed by atoms with E-state index in [0.717, 1.165) is 19.4 Å². The van der Waals surface area contributed by atoms with E-state index in [9.17, 15) is 9.59 Å². The molecule has 0 saturated carbocycles. The minimum Gasteiger partial charge on any atom is -0.355 e. The van der Waals surface area contributed by atoms with E-state index in [1.807, 2.05) is 0 Å². The van der Waals surface area contributed by atoms with Crippen molar-refractivity contribution in [3.63, 3.8) is 0 Å². The van der Waals surface area contributed by atoms with Crippen LogP contribution in [0, 0.1) is 0 Å². The fourth-order valence-corrected chi connectivity index (χ4v) is 2.39. The normalized spacial score (nSPS) is 17.9. The number of ketones is 1. The predicted molar refractivity (Wildman–Crippen MR) is 79.1 cm³/mol. The highest BCUT2D eigenvalue weighted by molar-refractivity contribution is 6.30. The zero-order valence-electron chi connectivity index (χ0n) is 11.3. The van der Waals surface area contributed by atoms with Crippen molar-refractivity contribution < 1.29 is 9.59 Å². The quantitative estimate of drug-likeness (QED) is 0.791.